The first kappa shape index (κ1) is 21.5. The third kappa shape index (κ3) is 4.09. The second-order valence-corrected chi connectivity index (χ2v) is 7.38. The zero-order chi connectivity index (χ0) is 23.5. The zero-order valence-electron chi connectivity index (χ0n) is 17.9. The number of anilines is 2. The van der Waals surface area contributed by atoms with Gasteiger partial charge in [-0.05, 0) is 30.7 Å². The van der Waals surface area contributed by atoms with Crippen molar-refractivity contribution < 1.29 is 9.90 Å². The summed E-state index contributed by atoms with van der Waals surface area (Å²) in [5.41, 5.74) is 9.06. The van der Waals surface area contributed by atoms with Crippen LogP contribution in [0.2, 0.25) is 0 Å². The standard InChI is InChI=1S/C24H21N7O2/c1-15-9-10-17(13-19(15)32)21-20-22(25)27-14-28-23(20)31(29-21)12-11-30(24(33)16(2)26-3)18-7-5-4-6-8-18/h4-10,13-14,32H,2,11-12H2,1H3,(H2,25,27,28). The Morgan fingerprint density at radius 3 is 2.70 bits per heavy atom. The second-order valence-electron chi connectivity index (χ2n) is 7.38. The highest BCUT2D eigenvalue weighted by molar-refractivity contribution is 6.06. The van der Waals surface area contributed by atoms with E-state index in [2.05, 4.69) is 26.5 Å². The molecule has 2 aromatic carbocycles. The number of carbonyl (C=O) groups excluding carboxylic acids is 1. The molecule has 3 N–H and O–H groups in total. The molecule has 0 radical (unpaired) electrons. The minimum Gasteiger partial charge on any atom is -0.508 e. The molecule has 0 bridgehead atoms. The maximum atomic E-state index is 12.8. The minimum atomic E-state index is -0.481. The molecule has 0 spiro atoms. The maximum absolute atomic E-state index is 12.8. The molecule has 0 saturated carbocycles. The molecule has 164 valence electrons. The van der Waals surface area contributed by atoms with Crippen molar-refractivity contribution in [3.05, 3.63) is 84.1 Å². The van der Waals surface area contributed by atoms with Crippen molar-refractivity contribution in [1.29, 1.82) is 0 Å². The Balaban J connectivity index is 1.75. The molecule has 2 aromatic heterocycles. The predicted molar refractivity (Wildman–Crippen MR) is 126 cm³/mol. The van der Waals surface area contributed by atoms with E-state index in [1.807, 2.05) is 24.3 Å². The van der Waals surface area contributed by atoms with Crippen LogP contribution in [0.5, 0.6) is 5.75 Å². The number of para-hydroxylation sites is 1. The number of aromatic nitrogens is 4. The van der Waals surface area contributed by atoms with Gasteiger partial charge in [0.2, 0.25) is 5.70 Å². The lowest BCUT2D eigenvalue weighted by molar-refractivity contribution is -0.114. The van der Waals surface area contributed by atoms with Crippen molar-refractivity contribution >= 4 is 28.4 Å². The number of rotatable bonds is 6. The average molecular weight is 439 g/mol. The number of nitrogen functional groups attached to an aromatic ring is 1. The maximum Gasteiger partial charge on any atom is 0.256 e. The van der Waals surface area contributed by atoms with Crippen LogP contribution in [0, 0.1) is 13.5 Å². The number of phenolic OH excluding ortho intramolecular Hbond substituents is 1. The third-order valence-electron chi connectivity index (χ3n) is 5.27. The third-order valence-corrected chi connectivity index (χ3v) is 5.27. The largest absolute Gasteiger partial charge is 0.508 e. The Bertz CT molecular complexity index is 1400. The summed E-state index contributed by atoms with van der Waals surface area (Å²) in [6.45, 7) is 13.0. The number of fused-ring (bicyclic) bond motifs is 1. The topological polar surface area (TPSA) is 115 Å². The molecular weight excluding hydrogens is 418 g/mol. The van der Waals surface area contributed by atoms with Crippen LogP contribution in [0.25, 0.3) is 27.1 Å². The highest BCUT2D eigenvalue weighted by Crippen LogP contribution is 2.32. The molecule has 2 heterocycles. The van der Waals surface area contributed by atoms with E-state index in [1.54, 1.807) is 35.9 Å². The van der Waals surface area contributed by atoms with E-state index in [4.69, 9.17) is 12.3 Å². The van der Waals surface area contributed by atoms with Crippen molar-refractivity contribution in [3.63, 3.8) is 0 Å². The summed E-state index contributed by atoms with van der Waals surface area (Å²) in [4.78, 5) is 25.9. The van der Waals surface area contributed by atoms with Gasteiger partial charge in [-0.15, -0.1) is 0 Å². The van der Waals surface area contributed by atoms with Gasteiger partial charge in [0.05, 0.1) is 18.5 Å². The van der Waals surface area contributed by atoms with E-state index >= 15 is 0 Å². The SMILES string of the molecule is [C-]#[N+]C(=C)C(=O)N(CCn1nc(-c2ccc(C)c(O)c2)c2c(N)ncnc21)c1ccccc1. The number of hydrogen-bond donors (Lipinski definition) is 2. The quantitative estimate of drug-likeness (QED) is 0.351. The first-order chi connectivity index (χ1) is 15.9. The summed E-state index contributed by atoms with van der Waals surface area (Å²) in [6.07, 6.45) is 1.35. The molecule has 4 rings (SSSR count). The molecule has 0 aliphatic heterocycles. The van der Waals surface area contributed by atoms with Crippen molar-refractivity contribution in [1.82, 2.24) is 19.7 Å². The lowest BCUT2D eigenvalue weighted by Gasteiger charge is -2.22. The van der Waals surface area contributed by atoms with Crippen molar-refractivity contribution in [2.45, 2.75) is 13.5 Å². The first-order valence-corrected chi connectivity index (χ1v) is 10.1. The molecule has 4 aromatic rings. The van der Waals surface area contributed by atoms with Crippen LogP contribution in [0.1, 0.15) is 5.56 Å². The number of aromatic hydroxyl groups is 1. The van der Waals surface area contributed by atoms with Gasteiger partial charge in [-0.25, -0.2) is 19.5 Å². The number of nitrogens with zero attached hydrogens (tertiary/aromatic N) is 6. The number of amides is 1. The predicted octanol–water partition coefficient (Wildman–Crippen LogP) is 3.56. The van der Waals surface area contributed by atoms with E-state index in [-0.39, 0.29) is 30.4 Å². The van der Waals surface area contributed by atoms with E-state index < -0.39 is 5.91 Å². The van der Waals surface area contributed by atoms with Gasteiger partial charge in [0, 0.05) is 17.8 Å². The number of aryl methyl sites for hydroxylation is 1. The Morgan fingerprint density at radius 1 is 1.24 bits per heavy atom. The number of carbonyl (C=O) groups is 1. The smallest absolute Gasteiger partial charge is 0.256 e. The zero-order valence-corrected chi connectivity index (χ0v) is 17.9. The Morgan fingerprint density at radius 2 is 2.00 bits per heavy atom. The number of phenols is 1. The normalized spacial score (nSPS) is 10.7. The fourth-order valence-electron chi connectivity index (χ4n) is 3.50. The molecule has 9 heteroatoms. The fraction of sp³-hybridized carbons (Fsp3) is 0.125. The van der Waals surface area contributed by atoms with Crippen LogP contribution in [-0.2, 0) is 11.3 Å². The van der Waals surface area contributed by atoms with Gasteiger partial charge < -0.3 is 15.7 Å². The molecular formula is C24H21N7O2. The number of hydrogen-bond acceptors (Lipinski definition) is 6. The molecule has 1 amide bonds. The van der Waals surface area contributed by atoms with Gasteiger partial charge >= 0.3 is 0 Å². The van der Waals surface area contributed by atoms with Crippen molar-refractivity contribution in [3.8, 4) is 17.0 Å². The Labute approximate surface area is 190 Å². The van der Waals surface area contributed by atoms with Crippen LogP contribution in [-0.4, -0.2) is 37.3 Å². The highest BCUT2D eigenvalue weighted by atomic mass is 16.3. The van der Waals surface area contributed by atoms with E-state index in [0.29, 0.717) is 28.0 Å². The monoisotopic (exact) mass is 439 g/mol. The van der Waals surface area contributed by atoms with E-state index in [0.717, 1.165) is 5.56 Å². The van der Waals surface area contributed by atoms with Gasteiger partial charge in [-0.2, -0.15) is 5.10 Å². The summed E-state index contributed by atoms with van der Waals surface area (Å²) in [5.74, 6) is -0.0756. The summed E-state index contributed by atoms with van der Waals surface area (Å²) in [7, 11) is 0. The molecule has 0 saturated heterocycles. The van der Waals surface area contributed by atoms with Crippen LogP contribution in [0.3, 0.4) is 0 Å². The Hall–Kier alpha value is -4.71. The highest BCUT2D eigenvalue weighted by Gasteiger charge is 2.22. The Kier molecular flexibility index (Phi) is 5.74. The fourth-order valence-corrected chi connectivity index (χ4v) is 3.50. The van der Waals surface area contributed by atoms with Gasteiger partial charge in [-0.1, -0.05) is 36.9 Å². The van der Waals surface area contributed by atoms with E-state index in [9.17, 15) is 9.90 Å². The summed E-state index contributed by atoms with van der Waals surface area (Å²) >= 11 is 0. The molecule has 0 unspecified atom stereocenters. The average Bonchev–Trinajstić information content (AvgIpc) is 3.21. The van der Waals surface area contributed by atoms with Crippen LogP contribution < -0.4 is 10.6 Å². The van der Waals surface area contributed by atoms with Crippen LogP contribution in [0.4, 0.5) is 11.5 Å². The summed E-state index contributed by atoms with van der Waals surface area (Å²) in [5, 5.41) is 15.4. The molecule has 0 atom stereocenters. The summed E-state index contributed by atoms with van der Waals surface area (Å²) < 4.78 is 1.64. The molecule has 9 nitrogen and oxygen atoms in total. The molecule has 33 heavy (non-hydrogen) atoms. The van der Waals surface area contributed by atoms with Gasteiger partial charge in [0.1, 0.15) is 23.6 Å². The lowest BCUT2D eigenvalue weighted by atomic mass is 10.1. The molecule has 0 fully saturated rings. The van der Waals surface area contributed by atoms with Crippen LogP contribution in [0.15, 0.2) is 67.1 Å². The lowest BCUT2D eigenvalue weighted by Crippen LogP contribution is -2.34. The van der Waals surface area contributed by atoms with Crippen molar-refractivity contribution in [2.75, 3.05) is 17.2 Å². The van der Waals surface area contributed by atoms with Crippen LogP contribution >= 0.6 is 0 Å². The first-order valence-electron chi connectivity index (χ1n) is 10.1. The van der Waals surface area contributed by atoms with E-state index in [1.165, 1.54) is 11.2 Å². The molecule has 0 aliphatic rings. The van der Waals surface area contributed by atoms with Crippen molar-refractivity contribution in [2.24, 2.45) is 0 Å². The minimum absolute atomic E-state index is 0.143. The van der Waals surface area contributed by atoms with Gasteiger partial charge in [0.15, 0.2) is 5.65 Å². The number of benzene rings is 2. The van der Waals surface area contributed by atoms with Gasteiger partial charge in [-0.3, -0.25) is 4.79 Å². The molecule has 0 aliphatic carbocycles. The summed E-state index contributed by atoms with van der Waals surface area (Å²) in [6, 6.07) is 14.3. The van der Waals surface area contributed by atoms with Gasteiger partial charge in [0.25, 0.3) is 5.91 Å². The second kappa shape index (κ2) is 8.80. The number of nitrogens with two attached hydrogens (primary N) is 1.